The van der Waals surface area contributed by atoms with Gasteiger partial charge < -0.3 is 15.2 Å². The summed E-state index contributed by atoms with van der Waals surface area (Å²) in [5.74, 6) is -1.20. The molecule has 0 bridgehead atoms. The number of carbonyl (C=O) groups excluding carboxylic acids is 1. The van der Waals surface area contributed by atoms with Gasteiger partial charge in [0.05, 0.1) is 16.7 Å². The topological polar surface area (TPSA) is 75.6 Å². The molecule has 0 saturated carbocycles. The molecule has 4 aromatic rings. The molecule has 200 valence electrons. The predicted molar refractivity (Wildman–Crippen MR) is 142 cm³/mol. The third kappa shape index (κ3) is 7.39. The average molecular weight is 554 g/mol. The van der Waals surface area contributed by atoms with Crippen molar-refractivity contribution < 1.29 is 32.6 Å². The van der Waals surface area contributed by atoms with Gasteiger partial charge >= 0.3 is 12.1 Å². The second kappa shape index (κ2) is 12.0. The zero-order chi connectivity index (χ0) is 28.0. The summed E-state index contributed by atoms with van der Waals surface area (Å²) < 4.78 is 44.7. The summed E-state index contributed by atoms with van der Waals surface area (Å²) in [5, 5.41) is 12.2. The minimum atomic E-state index is -4.46. The SMILES string of the molecule is O=C(O)c1ccc(-c2ccc(CCNC(=O)c3cc(Cl)ccc3OCc3cccc(C(F)(F)F)c3)cc2)cc1. The first-order valence-electron chi connectivity index (χ1n) is 11.9. The number of rotatable bonds is 9. The second-order valence-corrected chi connectivity index (χ2v) is 9.15. The predicted octanol–water partition coefficient (Wildman–Crippen LogP) is 7.28. The van der Waals surface area contributed by atoms with E-state index in [2.05, 4.69) is 5.32 Å². The van der Waals surface area contributed by atoms with E-state index >= 15 is 0 Å². The molecule has 0 aliphatic heterocycles. The van der Waals surface area contributed by atoms with Gasteiger partial charge in [0.1, 0.15) is 12.4 Å². The highest BCUT2D eigenvalue weighted by atomic mass is 35.5. The first kappa shape index (κ1) is 27.7. The van der Waals surface area contributed by atoms with Crippen LogP contribution < -0.4 is 10.1 Å². The number of carbonyl (C=O) groups is 2. The fraction of sp³-hybridized carbons (Fsp3) is 0.133. The van der Waals surface area contributed by atoms with E-state index in [1.165, 1.54) is 30.3 Å². The molecule has 1 amide bonds. The summed E-state index contributed by atoms with van der Waals surface area (Å²) in [6.07, 6.45) is -3.92. The Hall–Kier alpha value is -4.30. The van der Waals surface area contributed by atoms with E-state index in [1.54, 1.807) is 24.3 Å². The molecule has 0 aliphatic carbocycles. The zero-order valence-electron chi connectivity index (χ0n) is 20.5. The highest BCUT2D eigenvalue weighted by molar-refractivity contribution is 6.31. The van der Waals surface area contributed by atoms with Crippen LogP contribution in [-0.2, 0) is 19.2 Å². The lowest BCUT2D eigenvalue weighted by molar-refractivity contribution is -0.137. The number of nitrogens with one attached hydrogen (secondary N) is 1. The highest BCUT2D eigenvalue weighted by Gasteiger charge is 2.30. The van der Waals surface area contributed by atoms with Crippen LogP contribution in [0.1, 0.15) is 37.4 Å². The quantitative estimate of drug-likeness (QED) is 0.228. The van der Waals surface area contributed by atoms with Crippen molar-refractivity contribution in [1.82, 2.24) is 5.32 Å². The Morgan fingerprint density at radius 1 is 0.846 bits per heavy atom. The molecule has 39 heavy (non-hydrogen) atoms. The van der Waals surface area contributed by atoms with E-state index in [0.29, 0.717) is 23.6 Å². The molecular formula is C30H23ClF3NO4. The Balaban J connectivity index is 1.35. The van der Waals surface area contributed by atoms with Crippen molar-refractivity contribution in [2.45, 2.75) is 19.2 Å². The van der Waals surface area contributed by atoms with Crippen LogP contribution in [0, 0.1) is 0 Å². The molecule has 0 aliphatic rings. The summed E-state index contributed by atoms with van der Waals surface area (Å²) in [6, 6.07) is 23.6. The standard InChI is InChI=1S/C30H23ClF3NO4/c31-25-12-13-27(39-18-20-2-1-3-24(16-20)30(32,33)34)26(17-25)28(36)35-15-14-19-4-6-21(7-5-19)22-8-10-23(11-9-22)29(37)38/h1-13,16-17H,14-15,18H2,(H,35,36)(H,37,38). The maximum Gasteiger partial charge on any atom is 0.416 e. The Morgan fingerprint density at radius 3 is 2.15 bits per heavy atom. The molecule has 0 spiro atoms. The van der Waals surface area contributed by atoms with Crippen molar-refractivity contribution in [3.05, 3.63) is 124 Å². The van der Waals surface area contributed by atoms with Crippen molar-refractivity contribution in [1.29, 1.82) is 0 Å². The molecule has 0 saturated heterocycles. The minimum absolute atomic E-state index is 0.156. The van der Waals surface area contributed by atoms with Gasteiger partial charge in [0, 0.05) is 11.6 Å². The van der Waals surface area contributed by atoms with Crippen LogP contribution in [0.4, 0.5) is 13.2 Å². The summed E-state index contributed by atoms with van der Waals surface area (Å²) in [6.45, 7) is 0.169. The number of aromatic carboxylic acids is 1. The molecule has 0 atom stereocenters. The van der Waals surface area contributed by atoms with Gasteiger partial charge in [-0.3, -0.25) is 4.79 Å². The van der Waals surface area contributed by atoms with Crippen molar-refractivity contribution in [2.24, 2.45) is 0 Å². The van der Waals surface area contributed by atoms with E-state index < -0.39 is 23.6 Å². The van der Waals surface area contributed by atoms with Crippen LogP contribution in [0.3, 0.4) is 0 Å². The Bertz CT molecular complexity index is 1470. The van der Waals surface area contributed by atoms with Crippen molar-refractivity contribution in [3.8, 4) is 16.9 Å². The minimum Gasteiger partial charge on any atom is -0.488 e. The van der Waals surface area contributed by atoms with Gasteiger partial charge in [-0.1, -0.05) is 60.1 Å². The zero-order valence-corrected chi connectivity index (χ0v) is 21.2. The van der Waals surface area contributed by atoms with Crippen LogP contribution in [-0.4, -0.2) is 23.5 Å². The van der Waals surface area contributed by atoms with E-state index in [1.807, 2.05) is 24.3 Å². The number of ether oxygens (including phenoxy) is 1. The molecule has 9 heteroatoms. The number of carboxylic acids is 1. The molecule has 0 unspecified atom stereocenters. The second-order valence-electron chi connectivity index (χ2n) is 8.71. The van der Waals surface area contributed by atoms with Gasteiger partial charge in [0.15, 0.2) is 0 Å². The van der Waals surface area contributed by atoms with E-state index in [4.69, 9.17) is 21.4 Å². The maximum absolute atomic E-state index is 13.0. The third-order valence-electron chi connectivity index (χ3n) is 5.95. The number of benzene rings is 4. The van der Waals surface area contributed by atoms with Crippen molar-refractivity contribution in [3.63, 3.8) is 0 Å². The Kier molecular flexibility index (Phi) is 8.56. The maximum atomic E-state index is 13.0. The lowest BCUT2D eigenvalue weighted by Crippen LogP contribution is -2.26. The first-order chi connectivity index (χ1) is 18.6. The summed E-state index contributed by atoms with van der Waals surface area (Å²) in [4.78, 5) is 23.9. The van der Waals surface area contributed by atoms with Crippen LogP contribution in [0.25, 0.3) is 11.1 Å². The van der Waals surface area contributed by atoms with Gasteiger partial charge in [0.25, 0.3) is 5.91 Å². The summed E-state index contributed by atoms with van der Waals surface area (Å²) >= 11 is 6.08. The van der Waals surface area contributed by atoms with E-state index in [0.717, 1.165) is 28.8 Å². The smallest absolute Gasteiger partial charge is 0.416 e. The van der Waals surface area contributed by atoms with Gasteiger partial charge in [-0.05, 0) is 71.1 Å². The molecule has 0 heterocycles. The molecule has 0 fully saturated rings. The molecule has 5 nitrogen and oxygen atoms in total. The van der Waals surface area contributed by atoms with Gasteiger partial charge in [0.2, 0.25) is 0 Å². The molecular weight excluding hydrogens is 531 g/mol. The Morgan fingerprint density at radius 2 is 1.51 bits per heavy atom. The number of alkyl halides is 3. The van der Waals surface area contributed by atoms with Crippen molar-refractivity contribution >= 4 is 23.5 Å². The average Bonchev–Trinajstić information content (AvgIpc) is 2.92. The van der Waals surface area contributed by atoms with Crippen molar-refractivity contribution in [2.75, 3.05) is 6.54 Å². The van der Waals surface area contributed by atoms with Crippen LogP contribution in [0.2, 0.25) is 5.02 Å². The largest absolute Gasteiger partial charge is 0.488 e. The summed E-state index contributed by atoms with van der Waals surface area (Å²) in [7, 11) is 0. The fourth-order valence-electron chi connectivity index (χ4n) is 3.89. The number of halogens is 4. The molecule has 2 N–H and O–H groups in total. The first-order valence-corrected chi connectivity index (χ1v) is 12.3. The van der Waals surface area contributed by atoms with E-state index in [9.17, 15) is 22.8 Å². The van der Waals surface area contributed by atoms with Gasteiger partial charge in [-0.25, -0.2) is 4.79 Å². The lowest BCUT2D eigenvalue weighted by Gasteiger charge is -2.13. The van der Waals surface area contributed by atoms with E-state index in [-0.39, 0.29) is 23.5 Å². The van der Waals surface area contributed by atoms with Crippen LogP contribution >= 0.6 is 11.6 Å². The van der Waals surface area contributed by atoms with Crippen LogP contribution in [0.5, 0.6) is 5.75 Å². The normalized spacial score (nSPS) is 11.2. The number of hydrogen-bond donors (Lipinski definition) is 2. The summed E-state index contributed by atoms with van der Waals surface area (Å²) in [5.41, 5.74) is 2.73. The highest BCUT2D eigenvalue weighted by Crippen LogP contribution is 2.30. The van der Waals surface area contributed by atoms with Gasteiger partial charge in [-0.2, -0.15) is 13.2 Å². The third-order valence-corrected chi connectivity index (χ3v) is 6.19. The van der Waals surface area contributed by atoms with Gasteiger partial charge in [-0.15, -0.1) is 0 Å². The van der Waals surface area contributed by atoms with Crippen LogP contribution in [0.15, 0.2) is 91.0 Å². The number of carboxylic acid groups (broad SMARTS) is 1. The molecule has 0 radical (unpaired) electrons. The fourth-order valence-corrected chi connectivity index (χ4v) is 4.06. The number of hydrogen-bond acceptors (Lipinski definition) is 3. The molecule has 4 aromatic carbocycles. The molecule has 0 aromatic heterocycles. The molecule has 4 rings (SSSR count). The Labute approximate surface area is 227 Å². The monoisotopic (exact) mass is 553 g/mol. The lowest BCUT2D eigenvalue weighted by atomic mass is 10.0. The number of amides is 1.